The highest BCUT2D eigenvalue weighted by Crippen LogP contribution is 2.23. The van der Waals surface area contributed by atoms with Crippen LogP contribution < -0.4 is 15.5 Å². The number of amides is 1. The maximum Gasteiger partial charge on any atom is 0.253 e. The molecule has 0 aliphatic rings. The van der Waals surface area contributed by atoms with Crippen LogP contribution in [0.5, 0.6) is 5.75 Å². The summed E-state index contributed by atoms with van der Waals surface area (Å²) in [7, 11) is 0. The van der Waals surface area contributed by atoms with E-state index in [0.29, 0.717) is 30.6 Å². The molecule has 1 atom stereocenters. The van der Waals surface area contributed by atoms with Crippen LogP contribution in [0.1, 0.15) is 29.4 Å². The second-order valence-electron chi connectivity index (χ2n) is 8.97. The first-order valence-electron chi connectivity index (χ1n) is 12.7. The Morgan fingerprint density at radius 2 is 1.95 bits per heavy atom. The van der Waals surface area contributed by atoms with E-state index in [0.717, 1.165) is 27.1 Å². The molecule has 4 aromatic rings. The van der Waals surface area contributed by atoms with E-state index in [1.165, 1.54) is 17.3 Å². The van der Waals surface area contributed by atoms with Crippen LogP contribution in [0.15, 0.2) is 100 Å². The van der Waals surface area contributed by atoms with Gasteiger partial charge in [-0.3, -0.25) is 4.79 Å². The summed E-state index contributed by atoms with van der Waals surface area (Å²) in [5, 5.41) is 16.4. The standard InChI is InChI=1S/C30H31BrN6O2S/c1-4-16-37-28(19-32-26-14-12-21(2)13-15-26)34-36-30(37)40-22(3)29(38)35-33-18-24-9-5-6-11-27(24)39-20-23-8-7-10-25(31)17-23/h4-15,17-18,22,32H,1,16,19-20H2,2-3H3,(H,35,38)/b33-18-. The van der Waals surface area contributed by atoms with Gasteiger partial charge in [-0.05, 0) is 55.8 Å². The third kappa shape index (κ3) is 8.30. The lowest BCUT2D eigenvalue weighted by atomic mass is 10.2. The number of hydrazone groups is 1. The second-order valence-corrected chi connectivity index (χ2v) is 11.2. The number of ether oxygens (including phenoxy) is 1. The fourth-order valence-corrected chi connectivity index (χ4v) is 4.99. The van der Waals surface area contributed by atoms with Gasteiger partial charge < -0.3 is 14.6 Å². The summed E-state index contributed by atoms with van der Waals surface area (Å²) < 4.78 is 8.94. The van der Waals surface area contributed by atoms with Crippen molar-refractivity contribution >= 4 is 45.5 Å². The van der Waals surface area contributed by atoms with Crippen LogP contribution in [-0.2, 0) is 24.5 Å². The number of nitrogens with one attached hydrogen (secondary N) is 2. The van der Waals surface area contributed by atoms with Crippen molar-refractivity contribution in [3.63, 3.8) is 0 Å². The first kappa shape index (κ1) is 29.1. The average molecular weight is 620 g/mol. The fraction of sp³-hybridized carbons (Fsp3) is 0.200. The first-order chi connectivity index (χ1) is 19.4. The molecule has 1 aromatic heterocycles. The Hall–Kier alpha value is -3.89. The van der Waals surface area contributed by atoms with Gasteiger partial charge >= 0.3 is 0 Å². The maximum atomic E-state index is 12.8. The molecule has 1 amide bonds. The number of allylic oxidation sites excluding steroid dienone is 1. The van der Waals surface area contributed by atoms with Crippen LogP contribution in [0.3, 0.4) is 0 Å². The monoisotopic (exact) mass is 618 g/mol. The summed E-state index contributed by atoms with van der Waals surface area (Å²) in [6, 6.07) is 23.7. The summed E-state index contributed by atoms with van der Waals surface area (Å²) in [5.41, 5.74) is 6.62. The minimum atomic E-state index is -0.453. The lowest BCUT2D eigenvalue weighted by Crippen LogP contribution is -2.27. The van der Waals surface area contributed by atoms with Gasteiger partial charge in [0.05, 0.1) is 18.0 Å². The SMILES string of the molecule is C=CCn1c(CNc2ccc(C)cc2)nnc1SC(C)C(=O)N/N=C\c1ccccc1OCc1cccc(Br)c1. The Bertz CT molecular complexity index is 1470. The minimum absolute atomic E-state index is 0.249. The molecule has 8 nitrogen and oxygen atoms in total. The van der Waals surface area contributed by atoms with Gasteiger partial charge in [0, 0.05) is 22.3 Å². The van der Waals surface area contributed by atoms with Crippen molar-refractivity contribution in [2.24, 2.45) is 5.10 Å². The lowest BCUT2D eigenvalue weighted by molar-refractivity contribution is -0.120. The van der Waals surface area contributed by atoms with Gasteiger partial charge in [-0.2, -0.15) is 5.10 Å². The largest absolute Gasteiger partial charge is 0.488 e. The van der Waals surface area contributed by atoms with Crippen LogP contribution in [0, 0.1) is 6.92 Å². The van der Waals surface area contributed by atoms with Gasteiger partial charge in [0.2, 0.25) is 0 Å². The molecule has 0 fully saturated rings. The smallest absolute Gasteiger partial charge is 0.253 e. The number of halogens is 1. The van der Waals surface area contributed by atoms with Gasteiger partial charge in [-0.25, -0.2) is 5.43 Å². The van der Waals surface area contributed by atoms with Crippen molar-refractivity contribution in [2.45, 2.75) is 44.0 Å². The van der Waals surface area contributed by atoms with E-state index in [1.54, 1.807) is 12.3 Å². The summed E-state index contributed by atoms with van der Waals surface area (Å²) in [6.45, 7) is 9.16. The number of rotatable bonds is 13. The zero-order valence-corrected chi connectivity index (χ0v) is 24.8. The highest BCUT2D eigenvalue weighted by Gasteiger charge is 2.19. The predicted octanol–water partition coefficient (Wildman–Crippen LogP) is 6.36. The second kappa shape index (κ2) is 14.5. The molecule has 0 saturated heterocycles. The van der Waals surface area contributed by atoms with Crippen LogP contribution in [-0.4, -0.2) is 32.1 Å². The topological polar surface area (TPSA) is 93.4 Å². The van der Waals surface area contributed by atoms with E-state index < -0.39 is 5.25 Å². The number of thioether (sulfide) groups is 1. The van der Waals surface area contributed by atoms with Gasteiger partial charge in [-0.1, -0.05) is 75.7 Å². The zero-order chi connectivity index (χ0) is 28.3. The van der Waals surface area contributed by atoms with Crippen molar-refractivity contribution in [3.05, 3.63) is 112 Å². The molecule has 0 spiro atoms. The molecule has 0 aliphatic heterocycles. The molecular formula is C30H31BrN6O2S. The molecular weight excluding hydrogens is 588 g/mol. The number of hydrogen-bond acceptors (Lipinski definition) is 7. The van der Waals surface area contributed by atoms with Crippen molar-refractivity contribution in [1.29, 1.82) is 0 Å². The fourth-order valence-electron chi connectivity index (χ4n) is 3.68. The van der Waals surface area contributed by atoms with Crippen LogP contribution in [0.4, 0.5) is 5.69 Å². The van der Waals surface area contributed by atoms with E-state index in [2.05, 4.69) is 67.6 Å². The number of carbonyl (C=O) groups excluding carboxylic acids is 1. The zero-order valence-electron chi connectivity index (χ0n) is 22.4. The highest BCUT2D eigenvalue weighted by atomic mass is 79.9. The number of benzene rings is 3. The van der Waals surface area contributed by atoms with E-state index >= 15 is 0 Å². The van der Waals surface area contributed by atoms with Crippen LogP contribution >= 0.6 is 27.7 Å². The van der Waals surface area contributed by atoms with Gasteiger partial charge in [0.25, 0.3) is 5.91 Å². The molecule has 40 heavy (non-hydrogen) atoms. The minimum Gasteiger partial charge on any atom is -0.488 e. The van der Waals surface area contributed by atoms with Crippen molar-refractivity contribution < 1.29 is 9.53 Å². The number of para-hydroxylation sites is 1. The Balaban J connectivity index is 1.34. The van der Waals surface area contributed by atoms with E-state index in [4.69, 9.17) is 4.74 Å². The average Bonchev–Trinajstić information content (AvgIpc) is 3.33. The molecule has 1 unspecified atom stereocenters. The van der Waals surface area contributed by atoms with E-state index in [-0.39, 0.29) is 5.91 Å². The molecule has 10 heteroatoms. The predicted molar refractivity (Wildman–Crippen MR) is 165 cm³/mol. The Kier molecular flexibility index (Phi) is 10.5. The lowest BCUT2D eigenvalue weighted by Gasteiger charge is -2.12. The molecule has 3 aromatic carbocycles. The maximum absolute atomic E-state index is 12.8. The third-order valence-electron chi connectivity index (χ3n) is 5.84. The van der Waals surface area contributed by atoms with Crippen LogP contribution in [0.25, 0.3) is 0 Å². The molecule has 4 rings (SSSR count). The highest BCUT2D eigenvalue weighted by molar-refractivity contribution is 9.10. The Morgan fingerprint density at radius 3 is 2.73 bits per heavy atom. The molecule has 206 valence electrons. The Morgan fingerprint density at radius 1 is 1.15 bits per heavy atom. The number of nitrogens with zero attached hydrogens (tertiary/aromatic N) is 4. The Labute approximate surface area is 247 Å². The number of anilines is 1. The number of aromatic nitrogens is 3. The van der Waals surface area contributed by atoms with Crippen molar-refractivity contribution in [2.75, 3.05) is 5.32 Å². The van der Waals surface area contributed by atoms with Gasteiger partial charge in [0.1, 0.15) is 12.4 Å². The summed E-state index contributed by atoms with van der Waals surface area (Å²) >= 11 is 4.80. The first-order valence-corrected chi connectivity index (χ1v) is 14.4. The summed E-state index contributed by atoms with van der Waals surface area (Å²) in [6.07, 6.45) is 3.37. The van der Waals surface area contributed by atoms with E-state index in [9.17, 15) is 4.79 Å². The third-order valence-corrected chi connectivity index (χ3v) is 7.41. The molecule has 0 bridgehead atoms. The number of hydrogen-bond donors (Lipinski definition) is 2. The summed E-state index contributed by atoms with van der Waals surface area (Å²) in [5.74, 6) is 1.18. The molecule has 1 heterocycles. The van der Waals surface area contributed by atoms with Crippen LogP contribution in [0.2, 0.25) is 0 Å². The van der Waals surface area contributed by atoms with Crippen molar-refractivity contribution in [3.8, 4) is 5.75 Å². The van der Waals surface area contributed by atoms with Gasteiger partial charge in [-0.15, -0.1) is 16.8 Å². The molecule has 0 radical (unpaired) electrons. The normalized spacial score (nSPS) is 11.8. The molecule has 0 saturated carbocycles. The summed E-state index contributed by atoms with van der Waals surface area (Å²) in [4.78, 5) is 12.8. The van der Waals surface area contributed by atoms with E-state index in [1.807, 2.05) is 72.2 Å². The number of carbonyl (C=O) groups is 1. The van der Waals surface area contributed by atoms with Crippen molar-refractivity contribution in [1.82, 2.24) is 20.2 Å². The molecule has 0 aliphatic carbocycles. The number of aryl methyl sites for hydroxylation is 1. The molecule has 2 N–H and O–H groups in total. The quantitative estimate of drug-likeness (QED) is 0.0784. The van der Waals surface area contributed by atoms with Gasteiger partial charge in [0.15, 0.2) is 11.0 Å².